The molecule has 0 heterocycles. The average Bonchev–Trinajstić information content (AvgIpc) is 2.86. The first-order chi connectivity index (χ1) is 17.5. The summed E-state index contributed by atoms with van der Waals surface area (Å²) in [6.07, 6.45) is 28.6. The number of hydrogen-bond donors (Lipinski definition) is 0. The Bertz CT molecular complexity index is 1060. The summed E-state index contributed by atoms with van der Waals surface area (Å²) >= 11 is 0. The predicted octanol–water partition coefficient (Wildman–Crippen LogP) is 9.59. The second kappa shape index (κ2) is 7.72. The van der Waals surface area contributed by atoms with Gasteiger partial charge in [-0.05, 0) is 134 Å². The van der Waals surface area contributed by atoms with E-state index in [0.29, 0.717) is 21.7 Å². The maximum atomic E-state index is 2.72. The Morgan fingerprint density at radius 1 is 0.472 bits per heavy atom. The zero-order chi connectivity index (χ0) is 23.8. The minimum absolute atomic E-state index is 0.469. The van der Waals surface area contributed by atoms with Crippen molar-refractivity contribution in [3.8, 4) is 0 Å². The van der Waals surface area contributed by atoms with Crippen molar-refractivity contribution in [1.82, 2.24) is 0 Å². The molecule has 0 spiro atoms. The molecule has 8 bridgehead atoms. The van der Waals surface area contributed by atoms with E-state index in [2.05, 4.69) is 85.0 Å². The number of benzene rings is 2. The first kappa shape index (κ1) is 22.0. The lowest BCUT2D eigenvalue weighted by Gasteiger charge is -2.73. The number of hydrogen-bond acceptors (Lipinski definition) is 0. The topological polar surface area (TPSA) is 0 Å². The highest BCUT2D eigenvalue weighted by Gasteiger charge is 2.69. The highest BCUT2D eigenvalue weighted by Crippen LogP contribution is 2.79. The van der Waals surface area contributed by atoms with Crippen LogP contribution in [0.4, 0.5) is 0 Å². The average molecular weight is 475 g/mol. The third-order valence-electron chi connectivity index (χ3n) is 12.2. The summed E-state index contributed by atoms with van der Waals surface area (Å²) in [7, 11) is 0. The van der Waals surface area contributed by atoms with E-state index in [-0.39, 0.29) is 0 Å². The van der Waals surface area contributed by atoms with Crippen molar-refractivity contribution in [1.29, 1.82) is 0 Å². The molecule has 0 saturated heterocycles. The predicted molar refractivity (Wildman–Crippen MR) is 150 cm³/mol. The fourth-order valence-corrected chi connectivity index (χ4v) is 12.0. The van der Waals surface area contributed by atoms with Crippen LogP contribution in [0.5, 0.6) is 0 Å². The van der Waals surface area contributed by atoms with E-state index in [1.807, 2.05) is 0 Å². The normalized spacial score (nSPS) is 46.3. The molecular formula is C36H42. The lowest BCUT2D eigenvalue weighted by atomic mass is 9.31. The largest absolute Gasteiger partial charge is 0.0777 e. The summed E-state index contributed by atoms with van der Waals surface area (Å²) in [5.74, 6) is 3.93. The minimum atomic E-state index is 0.469. The molecule has 10 rings (SSSR count). The van der Waals surface area contributed by atoms with Crippen molar-refractivity contribution >= 4 is 12.2 Å². The molecule has 8 saturated carbocycles. The molecular weight excluding hydrogens is 432 g/mol. The quantitative estimate of drug-likeness (QED) is 0.404. The molecule has 8 aliphatic rings. The van der Waals surface area contributed by atoms with Crippen molar-refractivity contribution in [2.45, 2.75) is 77.0 Å². The van der Waals surface area contributed by atoms with E-state index in [4.69, 9.17) is 0 Å². The second-order valence-corrected chi connectivity index (χ2v) is 14.7. The monoisotopic (exact) mass is 474 g/mol. The first-order valence-electron chi connectivity index (χ1n) is 15.0. The highest BCUT2D eigenvalue weighted by atomic mass is 14.7. The van der Waals surface area contributed by atoms with Gasteiger partial charge in [-0.2, -0.15) is 0 Å². The Kier molecular flexibility index (Phi) is 4.71. The summed E-state index contributed by atoms with van der Waals surface area (Å²) in [6.45, 7) is 0. The molecule has 8 aliphatic carbocycles. The van der Waals surface area contributed by atoms with E-state index in [9.17, 15) is 0 Å². The standard InChI is InChI=1S/C36H42/c1-3-7-27(8-4-1)11-13-33-17-29-15-30(18-33)22-35(21-29,25-33)36-23-31-16-32(24-36)20-34(19-31,26-36)14-12-28-9-5-2-6-10-28/h1-14,29-32H,15-26H2/b13-11+,14-12+. The summed E-state index contributed by atoms with van der Waals surface area (Å²) in [6, 6.07) is 22.2. The maximum Gasteiger partial charge on any atom is -0.0104 e. The van der Waals surface area contributed by atoms with Crippen LogP contribution in [0.15, 0.2) is 72.8 Å². The summed E-state index contributed by atoms with van der Waals surface area (Å²) < 4.78 is 0. The van der Waals surface area contributed by atoms with Crippen LogP contribution in [0.3, 0.4) is 0 Å². The molecule has 4 unspecified atom stereocenters. The van der Waals surface area contributed by atoms with Crippen LogP contribution in [0.2, 0.25) is 0 Å². The Morgan fingerprint density at radius 3 is 1.19 bits per heavy atom. The highest BCUT2D eigenvalue weighted by molar-refractivity contribution is 5.51. The summed E-state index contributed by atoms with van der Waals surface area (Å²) in [5, 5.41) is 0. The van der Waals surface area contributed by atoms with Gasteiger partial charge >= 0.3 is 0 Å². The lowest BCUT2D eigenvalue weighted by molar-refractivity contribution is -0.223. The van der Waals surface area contributed by atoms with Crippen molar-refractivity contribution in [2.75, 3.05) is 0 Å². The van der Waals surface area contributed by atoms with Crippen molar-refractivity contribution in [3.63, 3.8) is 0 Å². The minimum Gasteiger partial charge on any atom is -0.0777 e. The molecule has 2 aromatic rings. The van der Waals surface area contributed by atoms with Crippen LogP contribution in [0.1, 0.15) is 88.2 Å². The zero-order valence-electron chi connectivity index (χ0n) is 21.9. The zero-order valence-corrected chi connectivity index (χ0v) is 21.9. The third-order valence-corrected chi connectivity index (χ3v) is 12.2. The molecule has 0 nitrogen and oxygen atoms in total. The van der Waals surface area contributed by atoms with Crippen LogP contribution in [-0.2, 0) is 0 Å². The van der Waals surface area contributed by atoms with E-state index in [1.54, 1.807) is 25.7 Å². The van der Waals surface area contributed by atoms with Crippen LogP contribution >= 0.6 is 0 Å². The van der Waals surface area contributed by atoms with Gasteiger partial charge in [0.15, 0.2) is 0 Å². The molecule has 0 radical (unpaired) electrons. The van der Waals surface area contributed by atoms with Gasteiger partial charge in [0, 0.05) is 0 Å². The van der Waals surface area contributed by atoms with Gasteiger partial charge in [0.1, 0.15) is 0 Å². The van der Waals surface area contributed by atoms with Gasteiger partial charge in [0.2, 0.25) is 0 Å². The summed E-state index contributed by atoms with van der Waals surface area (Å²) in [4.78, 5) is 0. The molecule has 0 heteroatoms. The van der Waals surface area contributed by atoms with Crippen LogP contribution in [-0.4, -0.2) is 0 Å². The fraction of sp³-hybridized carbons (Fsp3) is 0.556. The fourth-order valence-electron chi connectivity index (χ4n) is 12.0. The van der Waals surface area contributed by atoms with E-state index in [0.717, 1.165) is 23.7 Å². The summed E-state index contributed by atoms with van der Waals surface area (Å²) in [5.41, 5.74) is 4.94. The number of allylic oxidation sites excluding steroid dienone is 2. The molecule has 0 amide bonds. The number of rotatable bonds is 5. The van der Waals surface area contributed by atoms with Crippen LogP contribution < -0.4 is 0 Å². The molecule has 0 N–H and O–H groups in total. The molecule has 36 heavy (non-hydrogen) atoms. The molecule has 4 atom stereocenters. The van der Waals surface area contributed by atoms with Crippen LogP contribution in [0.25, 0.3) is 12.2 Å². The first-order valence-corrected chi connectivity index (χ1v) is 15.0. The van der Waals surface area contributed by atoms with Crippen molar-refractivity contribution in [2.24, 2.45) is 45.3 Å². The Morgan fingerprint density at radius 2 is 0.833 bits per heavy atom. The third kappa shape index (κ3) is 3.39. The van der Waals surface area contributed by atoms with Gasteiger partial charge in [0.25, 0.3) is 0 Å². The van der Waals surface area contributed by atoms with E-state index in [1.165, 1.54) is 62.5 Å². The molecule has 0 aliphatic heterocycles. The molecule has 0 aromatic heterocycles. The van der Waals surface area contributed by atoms with Crippen LogP contribution in [0, 0.1) is 45.3 Å². The van der Waals surface area contributed by atoms with Gasteiger partial charge < -0.3 is 0 Å². The van der Waals surface area contributed by atoms with Crippen molar-refractivity contribution in [3.05, 3.63) is 83.9 Å². The molecule has 8 fully saturated rings. The second-order valence-electron chi connectivity index (χ2n) is 14.7. The van der Waals surface area contributed by atoms with Gasteiger partial charge in [0.05, 0.1) is 0 Å². The smallest absolute Gasteiger partial charge is 0.0104 e. The maximum absolute atomic E-state index is 2.72. The van der Waals surface area contributed by atoms with Gasteiger partial charge in [-0.25, -0.2) is 0 Å². The molecule has 2 aromatic carbocycles. The van der Waals surface area contributed by atoms with E-state index >= 15 is 0 Å². The Hall–Kier alpha value is -2.08. The molecule has 186 valence electrons. The van der Waals surface area contributed by atoms with Gasteiger partial charge in [-0.3, -0.25) is 0 Å². The Labute approximate surface area is 218 Å². The Balaban J connectivity index is 1.15. The SMILES string of the molecule is C(=C\C12CC3CC(C1)CC(C14CC5CC(CC(/C=C/c6ccccc6)(C5)C1)C4)(C3)C2)/c1ccccc1. The lowest BCUT2D eigenvalue weighted by Crippen LogP contribution is -2.64. The van der Waals surface area contributed by atoms with E-state index < -0.39 is 0 Å². The van der Waals surface area contributed by atoms with Gasteiger partial charge in [-0.1, -0.05) is 85.0 Å². The van der Waals surface area contributed by atoms with Gasteiger partial charge in [-0.15, -0.1) is 0 Å². The van der Waals surface area contributed by atoms with Crippen molar-refractivity contribution < 1.29 is 0 Å².